The fourth-order valence-corrected chi connectivity index (χ4v) is 5.20. The lowest BCUT2D eigenvalue weighted by atomic mass is 9.65. The molecule has 0 spiro atoms. The SMILES string of the molecule is CCc1cccc2c3c([nH]c12)C(CC)(CC(=O)O)CC[C@@H]3Cc1ccccc1. The Kier molecular flexibility index (Phi) is 5.01. The molecule has 0 fully saturated rings. The molecule has 1 aliphatic rings. The summed E-state index contributed by atoms with van der Waals surface area (Å²) in [6.07, 6.45) is 4.98. The number of benzene rings is 2. The summed E-state index contributed by atoms with van der Waals surface area (Å²) >= 11 is 0. The van der Waals surface area contributed by atoms with Crippen LogP contribution < -0.4 is 0 Å². The van der Waals surface area contributed by atoms with E-state index in [1.807, 2.05) is 0 Å². The van der Waals surface area contributed by atoms with Crippen LogP contribution in [0.2, 0.25) is 0 Å². The van der Waals surface area contributed by atoms with Gasteiger partial charge in [0.15, 0.2) is 0 Å². The zero-order valence-corrected chi connectivity index (χ0v) is 16.8. The molecule has 0 amide bonds. The normalized spacial score (nSPS) is 21.6. The van der Waals surface area contributed by atoms with Crippen molar-refractivity contribution in [2.75, 3.05) is 0 Å². The first-order valence-corrected chi connectivity index (χ1v) is 10.5. The highest BCUT2D eigenvalue weighted by Crippen LogP contribution is 2.50. The fraction of sp³-hybridized carbons (Fsp3) is 0.400. The van der Waals surface area contributed by atoms with E-state index in [9.17, 15) is 9.90 Å². The first-order valence-electron chi connectivity index (χ1n) is 10.5. The number of nitrogens with one attached hydrogen (secondary N) is 1. The molecule has 28 heavy (non-hydrogen) atoms. The lowest BCUT2D eigenvalue weighted by molar-refractivity contribution is -0.138. The van der Waals surface area contributed by atoms with Crippen molar-refractivity contribution in [1.82, 2.24) is 4.98 Å². The molecule has 2 aromatic carbocycles. The number of rotatable bonds is 6. The third kappa shape index (κ3) is 3.13. The molecule has 4 rings (SSSR count). The molecule has 0 radical (unpaired) electrons. The van der Waals surface area contributed by atoms with E-state index in [0.29, 0.717) is 5.92 Å². The summed E-state index contributed by atoms with van der Waals surface area (Å²) in [7, 11) is 0. The predicted octanol–water partition coefficient (Wildman–Crippen LogP) is 5.97. The lowest BCUT2D eigenvalue weighted by Crippen LogP contribution is -2.34. The average Bonchev–Trinajstić information content (AvgIpc) is 3.11. The molecule has 0 bridgehead atoms. The number of carbonyl (C=O) groups is 1. The van der Waals surface area contributed by atoms with Gasteiger partial charge in [0, 0.05) is 22.0 Å². The molecule has 1 heterocycles. The minimum atomic E-state index is -0.705. The second-order valence-corrected chi connectivity index (χ2v) is 8.24. The van der Waals surface area contributed by atoms with Crippen LogP contribution in [0.4, 0.5) is 0 Å². The van der Waals surface area contributed by atoms with E-state index in [1.165, 1.54) is 33.3 Å². The number of aromatic amines is 1. The maximum absolute atomic E-state index is 11.7. The molecule has 2 N–H and O–H groups in total. The number of para-hydroxylation sites is 1. The van der Waals surface area contributed by atoms with Crippen molar-refractivity contribution in [3.8, 4) is 0 Å². The van der Waals surface area contributed by atoms with Crippen molar-refractivity contribution in [2.24, 2.45) is 0 Å². The number of carboxylic acid groups (broad SMARTS) is 1. The smallest absolute Gasteiger partial charge is 0.304 e. The molecular formula is C25H29NO2. The fourth-order valence-electron chi connectivity index (χ4n) is 5.20. The zero-order chi connectivity index (χ0) is 19.7. The van der Waals surface area contributed by atoms with Crippen LogP contribution in [0.5, 0.6) is 0 Å². The van der Waals surface area contributed by atoms with Gasteiger partial charge in [-0.05, 0) is 54.7 Å². The van der Waals surface area contributed by atoms with Crippen LogP contribution >= 0.6 is 0 Å². The minimum Gasteiger partial charge on any atom is -0.481 e. The highest BCUT2D eigenvalue weighted by molar-refractivity contribution is 5.89. The standard InChI is InChI=1S/C25H29NO2/c1-3-18-11-8-12-20-22-19(15-17-9-6-5-7-10-17)13-14-25(4-2,16-21(27)28)24(22)26-23(18)20/h5-12,19,26H,3-4,13-16H2,1-2H3,(H,27,28)/t19-,25?/m1/s1. The molecule has 1 aromatic heterocycles. The van der Waals surface area contributed by atoms with Crippen molar-refractivity contribution >= 4 is 16.9 Å². The van der Waals surface area contributed by atoms with E-state index in [4.69, 9.17) is 0 Å². The predicted molar refractivity (Wildman–Crippen MR) is 114 cm³/mol. The Labute approximate surface area is 166 Å². The Balaban J connectivity index is 1.90. The van der Waals surface area contributed by atoms with Gasteiger partial charge in [-0.1, -0.05) is 62.4 Å². The Hall–Kier alpha value is -2.55. The van der Waals surface area contributed by atoms with E-state index in [-0.39, 0.29) is 11.8 Å². The molecule has 3 heteroatoms. The number of H-pyrrole nitrogens is 1. The maximum atomic E-state index is 11.7. The number of carboxylic acids is 1. The highest BCUT2D eigenvalue weighted by Gasteiger charge is 2.42. The monoisotopic (exact) mass is 375 g/mol. The summed E-state index contributed by atoms with van der Waals surface area (Å²) in [6.45, 7) is 4.32. The summed E-state index contributed by atoms with van der Waals surface area (Å²) in [5.41, 5.74) is 6.12. The Morgan fingerprint density at radius 1 is 1.14 bits per heavy atom. The quantitative estimate of drug-likeness (QED) is 0.557. The number of hydrogen-bond donors (Lipinski definition) is 2. The summed E-state index contributed by atoms with van der Waals surface area (Å²) in [6, 6.07) is 17.2. The third-order valence-corrected chi connectivity index (χ3v) is 6.74. The Morgan fingerprint density at radius 2 is 1.93 bits per heavy atom. The summed E-state index contributed by atoms with van der Waals surface area (Å²) in [5.74, 6) is -0.282. The van der Waals surface area contributed by atoms with Crippen LogP contribution in [0.15, 0.2) is 48.5 Å². The van der Waals surface area contributed by atoms with Gasteiger partial charge in [-0.2, -0.15) is 0 Å². The van der Waals surface area contributed by atoms with Crippen LogP contribution in [0.3, 0.4) is 0 Å². The average molecular weight is 376 g/mol. The molecule has 1 unspecified atom stereocenters. The summed E-state index contributed by atoms with van der Waals surface area (Å²) in [5, 5.41) is 10.9. The van der Waals surface area contributed by atoms with Crippen LogP contribution in [0.1, 0.15) is 67.8 Å². The van der Waals surface area contributed by atoms with Crippen molar-refractivity contribution in [3.63, 3.8) is 0 Å². The van der Waals surface area contributed by atoms with Crippen LogP contribution in [0, 0.1) is 0 Å². The first-order chi connectivity index (χ1) is 13.6. The van der Waals surface area contributed by atoms with E-state index >= 15 is 0 Å². The van der Waals surface area contributed by atoms with E-state index in [2.05, 4.69) is 67.4 Å². The van der Waals surface area contributed by atoms with Crippen LogP contribution in [-0.4, -0.2) is 16.1 Å². The summed E-state index contributed by atoms with van der Waals surface area (Å²) < 4.78 is 0. The molecule has 0 aliphatic heterocycles. The van der Waals surface area contributed by atoms with Crippen molar-refractivity contribution < 1.29 is 9.90 Å². The zero-order valence-electron chi connectivity index (χ0n) is 16.8. The lowest BCUT2D eigenvalue weighted by Gasteiger charge is -2.39. The van der Waals surface area contributed by atoms with Crippen LogP contribution in [0.25, 0.3) is 10.9 Å². The Morgan fingerprint density at radius 3 is 2.61 bits per heavy atom. The van der Waals surface area contributed by atoms with Gasteiger partial charge in [0.1, 0.15) is 0 Å². The number of hydrogen-bond acceptors (Lipinski definition) is 1. The minimum absolute atomic E-state index is 0.197. The van der Waals surface area contributed by atoms with Crippen molar-refractivity contribution in [3.05, 3.63) is 70.9 Å². The van der Waals surface area contributed by atoms with E-state index in [1.54, 1.807) is 0 Å². The van der Waals surface area contributed by atoms with Crippen molar-refractivity contribution in [1.29, 1.82) is 0 Å². The van der Waals surface area contributed by atoms with E-state index < -0.39 is 5.97 Å². The van der Waals surface area contributed by atoms with Gasteiger partial charge in [0.2, 0.25) is 0 Å². The highest BCUT2D eigenvalue weighted by atomic mass is 16.4. The van der Waals surface area contributed by atoms with Gasteiger partial charge >= 0.3 is 5.97 Å². The second-order valence-electron chi connectivity index (χ2n) is 8.24. The van der Waals surface area contributed by atoms with Gasteiger partial charge < -0.3 is 10.1 Å². The van der Waals surface area contributed by atoms with E-state index in [0.717, 1.165) is 32.1 Å². The van der Waals surface area contributed by atoms with Gasteiger partial charge in [0.05, 0.1) is 6.42 Å². The number of aryl methyl sites for hydroxylation is 1. The largest absolute Gasteiger partial charge is 0.481 e. The number of aliphatic carboxylic acids is 1. The molecule has 146 valence electrons. The second kappa shape index (κ2) is 7.46. The molecule has 1 aliphatic carbocycles. The first kappa shape index (κ1) is 18.8. The van der Waals surface area contributed by atoms with Gasteiger partial charge in [0.25, 0.3) is 0 Å². The third-order valence-electron chi connectivity index (χ3n) is 6.74. The maximum Gasteiger partial charge on any atom is 0.304 e. The number of fused-ring (bicyclic) bond motifs is 3. The molecule has 0 saturated heterocycles. The van der Waals surface area contributed by atoms with Crippen molar-refractivity contribution in [2.45, 2.75) is 63.7 Å². The molecule has 2 atom stereocenters. The van der Waals surface area contributed by atoms with Gasteiger partial charge in [-0.3, -0.25) is 4.79 Å². The van der Waals surface area contributed by atoms with Crippen LogP contribution in [-0.2, 0) is 23.1 Å². The molecular weight excluding hydrogens is 346 g/mol. The van der Waals surface area contributed by atoms with Gasteiger partial charge in [-0.25, -0.2) is 0 Å². The summed E-state index contributed by atoms with van der Waals surface area (Å²) in [4.78, 5) is 15.5. The molecule has 3 nitrogen and oxygen atoms in total. The molecule has 0 saturated carbocycles. The van der Waals surface area contributed by atoms with Gasteiger partial charge in [-0.15, -0.1) is 0 Å². The topological polar surface area (TPSA) is 53.1 Å². The Bertz CT molecular complexity index is 988. The molecule has 3 aromatic rings. The number of aromatic nitrogens is 1.